The summed E-state index contributed by atoms with van der Waals surface area (Å²) in [5.41, 5.74) is 2.52. The zero-order chi connectivity index (χ0) is 18.1. The summed E-state index contributed by atoms with van der Waals surface area (Å²) in [5.74, 6) is -0.0360. The van der Waals surface area contributed by atoms with Gasteiger partial charge in [0.2, 0.25) is 0 Å². The predicted octanol–water partition coefficient (Wildman–Crippen LogP) is 2.43. The highest BCUT2D eigenvalue weighted by Gasteiger charge is 2.65. The van der Waals surface area contributed by atoms with Gasteiger partial charge < -0.3 is 9.72 Å². The van der Waals surface area contributed by atoms with Crippen LogP contribution in [0.15, 0.2) is 24.3 Å². The number of esters is 1. The summed E-state index contributed by atoms with van der Waals surface area (Å²) < 4.78 is 5.36. The standard InChI is InChI=1S/C21H24N2O3/c1-3-13-17(24)12-10-21(20(25)26-2)18-15(8-9-23(11-12)19(13)21)14-6-4-5-7-16(14)22-18/h4-7,12-13,19,22H,3,8-11H2,1-2H3/t12-,13+,19+,21-/m1/s1. The number of carbonyl (C=O) groups excluding carboxylic acids is 2. The van der Waals surface area contributed by atoms with E-state index >= 15 is 0 Å². The van der Waals surface area contributed by atoms with E-state index in [1.807, 2.05) is 12.1 Å². The van der Waals surface area contributed by atoms with Crippen molar-refractivity contribution in [1.29, 1.82) is 0 Å². The topological polar surface area (TPSA) is 62.4 Å². The number of fused-ring (bicyclic) bond motifs is 4. The first kappa shape index (κ1) is 16.1. The van der Waals surface area contributed by atoms with E-state index in [2.05, 4.69) is 28.9 Å². The number of para-hydroxylation sites is 1. The van der Waals surface area contributed by atoms with Crippen molar-refractivity contribution >= 4 is 22.7 Å². The molecule has 4 aliphatic rings. The van der Waals surface area contributed by atoms with Crippen LogP contribution in [-0.2, 0) is 26.2 Å². The molecule has 2 saturated heterocycles. The number of ether oxygens (including phenoxy) is 1. The number of aromatic amines is 1. The van der Waals surface area contributed by atoms with Crippen molar-refractivity contribution in [1.82, 2.24) is 9.88 Å². The Labute approximate surface area is 152 Å². The third-order valence-corrected chi connectivity index (χ3v) is 6.97. The molecular formula is C21H24N2O3. The van der Waals surface area contributed by atoms with Gasteiger partial charge in [-0.2, -0.15) is 0 Å². The van der Waals surface area contributed by atoms with Gasteiger partial charge in [-0.05, 0) is 30.9 Å². The summed E-state index contributed by atoms with van der Waals surface area (Å²) >= 11 is 0. The van der Waals surface area contributed by atoms with Gasteiger partial charge in [-0.25, -0.2) is 0 Å². The quantitative estimate of drug-likeness (QED) is 0.844. The van der Waals surface area contributed by atoms with E-state index in [0.717, 1.165) is 37.1 Å². The maximum Gasteiger partial charge on any atom is 0.319 e. The maximum atomic E-state index is 13.3. The van der Waals surface area contributed by atoms with E-state index in [9.17, 15) is 9.59 Å². The maximum absolute atomic E-state index is 13.3. The number of Topliss-reactive ketones (excluding diaryl/α,β-unsaturated/α-hetero) is 1. The van der Waals surface area contributed by atoms with Crippen molar-refractivity contribution in [2.75, 3.05) is 20.2 Å². The van der Waals surface area contributed by atoms with E-state index < -0.39 is 5.41 Å². The number of ketones is 1. The Kier molecular flexibility index (Phi) is 3.35. The molecule has 4 heterocycles. The number of rotatable bonds is 2. The molecule has 1 unspecified atom stereocenters. The summed E-state index contributed by atoms with van der Waals surface area (Å²) in [6.07, 6.45) is 2.23. The van der Waals surface area contributed by atoms with Crippen molar-refractivity contribution in [3.63, 3.8) is 0 Å². The predicted molar refractivity (Wildman–Crippen MR) is 98.0 cm³/mol. The fourth-order valence-corrected chi connectivity index (χ4v) is 6.02. The highest BCUT2D eigenvalue weighted by molar-refractivity contribution is 5.96. The van der Waals surface area contributed by atoms with Gasteiger partial charge in [-0.1, -0.05) is 25.1 Å². The third kappa shape index (κ3) is 1.79. The Bertz CT molecular complexity index is 917. The van der Waals surface area contributed by atoms with Crippen molar-refractivity contribution in [3.8, 4) is 0 Å². The van der Waals surface area contributed by atoms with Crippen molar-refractivity contribution in [2.24, 2.45) is 11.8 Å². The molecule has 5 heteroatoms. The molecule has 0 spiro atoms. The molecule has 0 amide bonds. The van der Waals surface area contributed by atoms with Gasteiger partial charge in [-0.3, -0.25) is 14.5 Å². The van der Waals surface area contributed by atoms with Gasteiger partial charge in [0.15, 0.2) is 0 Å². The molecule has 1 saturated carbocycles. The number of H-pyrrole nitrogens is 1. The van der Waals surface area contributed by atoms with Crippen LogP contribution in [0.5, 0.6) is 0 Å². The Morgan fingerprint density at radius 1 is 1.38 bits per heavy atom. The van der Waals surface area contributed by atoms with Crippen molar-refractivity contribution < 1.29 is 14.3 Å². The first-order chi connectivity index (χ1) is 12.6. The molecule has 2 aromatic rings. The number of carbonyl (C=O) groups is 2. The SMILES string of the molecule is CC[C@H]1C(=O)[C@H]2CN3CCc4c([nH]c5ccccc45)[C@](C(=O)OC)(C2)[C@H]13. The van der Waals surface area contributed by atoms with Crippen molar-refractivity contribution in [3.05, 3.63) is 35.5 Å². The van der Waals surface area contributed by atoms with Crippen LogP contribution in [0.25, 0.3) is 10.9 Å². The Morgan fingerprint density at radius 2 is 2.19 bits per heavy atom. The summed E-state index contributed by atoms with van der Waals surface area (Å²) in [7, 11) is 1.47. The highest BCUT2D eigenvalue weighted by Crippen LogP contribution is 2.54. The number of hydrogen-bond acceptors (Lipinski definition) is 4. The molecule has 3 fully saturated rings. The van der Waals surface area contributed by atoms with E-state index in [1.165, 1.54) is 18.1 Å². The monoisotopic (exact) mass is 352 g/mol. The second-order valence-corrected chi connectivity index (χ2v) is 8.00. The summed E-state index contributed by atoms with van der Waals surface area (Å²) in [5, 5.41) is 1.19. The molecule has 1 aromatic heterocycles. The summed E-state index contributed by atoms with van der Waals surface area (Å²) in [6.45, 7) is 3.73. The molecule has 136 valence electrons. The molecule has 5 nitrogen and oxygen atoms in total. The van der Waals surface area contributed by atoms with Gasteiger partial charge >= 0.3 is 5.97 Å². The van der Waals surface area contributed by atoms with Crippen LogP contribution < -0.4 is 0 Å². The second-order valence-electron chi connectivity index (χ2n) is 8.00. The lowest BCUT2D eigenvalue weighted by Crippen LogP contribution is -2.70. The largest absolute Gasteiger partial charge is 0.468 e. The van der Waals surface area contributed by atoms with Crippen LogP contribution >= 0.6 is 0 Å². The van der Waals surface area contributed by atoms with Crippen LogP contribution in [0.1, 0.15) is 31.0 Å². The number of benzene rings is 1. The van der Waals surface area contributed by atoms with Crippen LogP contribution in [-0.4, -0.2) is 47.9 Å². The normalized spacial score (nSPS) is 35.2. The number of piperidine rings is 2. The van der Waals surface area contributed by atoms with Gasteiger partial charge in [0.05, 0.1) is 7.11 Å². The number of nitrogens with one attached hydrogen (secondary N) is 1. The van der Waals surface area contributed by atoms with E-state index in [-0.39, 0.29) is 23.8 Å². The minimum absolute atomic E-state index is 0.0820. The molecule has 5 atom stereocenters. The number of methoxy groups -OCH3 is 1. The molecule has 1 N–H and O–H groups in total. The lowest BCUT2D eigenvalue weighted by molar-refractivity contribution is -0.167. The van der Waals surface area contributed by atoms with Crippen LogP contribution in [0, 0.1) is 11.8 Å². The Balaban J connectivity index is 1.82. The average molecular weight is 352 g/mol. The highest BCUT2D eigenvalue weighted by atomic mass is 16.5. The van der Waals surface area contributed by atoms with Crippen LogP contribution in [0.4, 0.5) is 0 Å². The molecule has 1 aliphatic carbocycles. The molecule has 6 rings (SSSR count). The van der Waals surface area contributed by atoms with E-state index in [4.69, 9.17) is 4.74 Å². The van der Waals surface area contributed by atoms with Gasteiger partial charge in [-0.15, -0.1) is 0 Å². The molecular weight excluding hydrogens is 328 g/mol. The minimum atomic E-state index is -0.767. The Hall–Kier alpha value is -2.14. The first-order valence-electron chi connectivity index (χ1n) is 9.58. The molecule has 1 aromatic carbocycles. The summed E-state index contributed by atoms with van der Waals surface area (Å²) in [6, 6.07) is 8.15. The number of aromatic nitrogens is 1. The van der Waals surface area contributed by atoms with Gasteiger partial charge in [0.25, 0.3) is 0 Å². The van der Waals surface area contributed by atoms with E-state index in [0.29, 0.717) is 12.2 Å². The average Bonchev–Trinajstić information content (AvgIpc) is 3.01. The number of hydrogen-bond donors (Lipinski definition) is 1. The van der Waals surface area contributed by atoms with Gasteiger partial charge in [0, 0.05) is 47.6 Å². The van der Waals surface area contributed by atoms with Crippen LogP contribution in [0.3, 0.4) is 0 Å². The molecule has 26 heavy (non-hydrogen) atoms. The van der Waals surface area contributed by atoms with Crippen molar-refractivity contribution in [2.45, 2.75) is 37.6 Å². The van der Waals surface area contributed by atoms with Gasteiger partial charge in [0.1, 0.15) is 11.2 Å². The first-order valence-corrected chi connectivity index (χ1v) is 9.58. The lowest BCUT2D eigenvalue weighted by atomic mass is 9.56. The zero-order valence-corrected chi connectivity index (χ0v) is 15.2. The number of nitrogens with zero attached hydrogens (tertiary/aromatic N) is 1. The fraction of sp³-hybridized carbons (Fsp3) is 0.524. The van der Waals surface area contributed by atoms with Crippen LogP contribution in [0.2, 0.25) is 0 Å². The van der Waals surface area contributed by atoms with E-state index in [1.54, 1.807) is 0 Å². The summed E-state index contributed by atoms with van der Waals surface area (Å²) in [4.78, 5) is 32.1. The smallest absolute Gasteiger partial charge is 0.319 e. The zero-order valence-electron chi connectivity index (χ0n) is 15.2. The Morgan fingerprint density at radius 3 is 2.96 bits per heavy atom. The third-order valence-electron chi connectivity index (χ3n) is 6.97. The second kappa shape index (κ2) is 5.43. The lowest BCUT2D eigenvalue weighted by Gasteiger charge is -2.56. The minimum Gasteiger partial charge on any atom is -0.468 e. The molecule has 0 radical (unpaired) electrons. The molecule has 4 bridgehead atoms. The molecule has 3 aliphatic heterocycles. The fourth-order valence-electron chi connectivity index (χ4n) is 6.02.